The smallest absolute Gasteiger partial charge is 0.0540 e. The van der Waals surface area contributed by atoms with Crippen LogP contribution >= 0.6 is 0 Å². The Morgan fingerprint density at radius 1 is 0.387 bits per heavy atom. The van der Waals surface area contributed by atoms with Crippen molar-refractivity contribution in [1.82, 2.24) is 0 Å². The van der Waals surface area contributed by atoms with Crippen LogP contribution in [0.25, 0.3) is 70.6 Å². The van der Waals surface area contributed by atoms with Gasteiger partial charge in [-0.05, 0) is 115 Å². The molecule has 0 N–H and O–H groups in total. The molecule has 2 aliphatic rings. The van der Waals surface area contributed by atoms with E-state index < -0.39 is 0 Å². The second-order valence-corrected chi connectivity index (χ2v) is 16.7. The molecule has 62 heavy (non-hydrogen) atoms. The van der Waals surface area contributed by atoms with Crippen LogP contribution in [0.2, 0.25) is 0 Å². The van der Waals surface area contributed by atoms with Gasteiger partial charge in [0.25, 0.3) is 0 Å². The van der Waals surface area contributed by atoms with E-state index in [1.54, 1.807) is 0 Å². The second kappa shape index (κ2) is 15.1. The van der Waals surface area contributed by atoms with Gasteiger partial charge in [-0.3, -0.25) is 0 Å². The van der Waals surface area contributed by atoms with E-state index >= 15 is 0 Å². The molecule has 2 heteroatoms. The Labute approximate surface area is 362 Å². The SMILES string of the molecule is C1=CCC(N(c2cccc3ccccc23)C2C=CC(c3ccc4ccc5c(-c6ccc(N(c7ccccc7)c7cccc8ccccc78)cc6)ccc6ccc3c4c65)=CC2)C=C1. The number of para-hydroxylation sites is 1. The second-order valence-electron chi connectivity index (χ2n) is 16.7. The maximum atomic E-state index is 2.65. The summed E-state index contributed by atoms with van der Waals surface area (Å²) in [5, 5.41) is 12.9. The first-order valence-corrected chi connectivity index (χ1v) is 21.9. The Morgan fingerprint density at radius 2 is 0.968 bits per heavy atom. The average Bonchev–Trinajstić information content (AvgIpc) is 3.35. The molecule has 2 atom stereocenters. The molecule has 0 heterocycles. The maximum absolute atomic E-state index is 2.65. The minimum atomic E-state index is 0.242. The van der Waals surface area contributed by atoms with Crippen LogP contribution in [0, 0.1) is 0 Å². The molecular weight excluding hydrogens is 749 g/mol. The molecule has 0 saturated heterocycles. The van der Waals surface area contributed by atoms with Crippen LogP contribution < -0.4 is 9.80 Å². The quantitative estimate of drug-likeness (QED) is 0.141. The lowest BCUT2D eigenvalue weighted by Crippen LogP contribution is -2.42. The Kier molecular flexibility index (Phi) is 8.81. The molecule has 0 bridgehead atoms. The van der Waals surface area contributed by atoms with Gasteiger partial charge in [-0.2, -0.15) is 0 Å². The van der Waals surface area contributed by atoms with Gasteiger partial charge in [-0.25, -0.2) is 0 Å². The molecule has 0 radical (unpaired) electrons. The van der Waals surface area contributed by atoms with Gasteiger partial charge in [-0.1, -0.05) is 194 Å². The maximum Gasteiger partial charge on any atom is 0.0540 e. The number of anilines is 4. The topological polar surface area (TPSA) is 6.48 Å². The minimum absolute atomic E-state index is 0.242. The highest BCUT2D eigenvalue weighted by Gasteiger charge is 2.27. The van der Waals surface area contributed by atoms with Gasteiger partial charge in [0.2, 0.25) is 0 Å². The minimum Gasteiger partial charge on any atom is -0.358 e. The third-order valence-electron chi connectivity index (χ3n) is 13.2. The zero-order valence-electron chi connectivity index (χ0n) is 34.4. The van der Waals surface area contributed by atoms with E-state index in [0.717, 1.165) is 24.2 Å². The lowest BCUT2D eigenvalue weighted by molar-refractivity contribution is 0.619. The molecule has 0 spiro atoms. The molecule has 2 unspecified atom stereocenters. The van der Waals surface area contributed by atoms with Crippen molar-refractivity contribution in [2.75, 3.05) is 9.80 Å². The van der Waals surface area contributed by atoms with Crippen LogP contribution in [0.15, 0.2) is 231 Å². The van der Waals surface area contributed by atoms with Crippen molar-refractivity contribution in [3.63, 3.8) is 0 Å². The van der Waals surface area contributed by atoms with E-state index in [1.165, 1.54) is 87.5 Å². The third-order valence-corrected chi connectivity index (χ3v) is 13.2. The average molecular weight is 793 g/mol. The van der Waals surface area contributed by atoms with Gasteiger partial charge in [0, 0.05) is 27.8 Å². The summed E-state index contributed by atoms with van der Waals surface area (Å²) in [4.78, 5) is 5.02. The summed E-state index contributed by atoms with van der Waals surface area (Å²) in [5.74, 6) is 0. The Morgan fingerprint density at radius 3 is 1.65 bits per heavy atom. The fourth-order valence-corrected chi connectivity index (χ4v) is 10.3. The highest BCUT2D eigenvalue weighted by Crippen LogP contribution is 2.44. The lowest BCUT2D eigenvalue weighted by atomic mass is 9.86. The fourth-order valence-electron chi connectivity index (χ4n) is 10.3. The van der Waals surface area contributed by atoms with Crippen LogP contribution in [0.5, 0.6) is 0 Å². The van der Waals surface area contributed by atoms with E-state index in [4.69, 9.17) is 0 Å². The summed E-state index contributed by atoms with van der Waals surface area (Å²) in [7, 11) is 0. The van der Waals surface area contributed by atoms with Crippen LogP contribution in [-0.2, 0) is 0 Å². The number of rotatable bonds is 8. The van der Waals surface area contributed by atoms with Gasteiger partial charge in [0.1, 0.15) is 0 Å². The zero-order valence-corrected chi connectivity index (χ0v) is 34.4. The van der Waals surface area contributed by atoms with Crippen molar-refractivity contribution in [3.8, 4) is 11.1 Å². The summed E-state index contributed by atoms with van der Waals surface area (Å²) in [6.45, 7) is 0. The molecule has 10 aromatic carbocycles. The number of benzene rings is 10. The van der Waals surface area contributed by atoms with Crippen LogP contribution in [0.1, 0.15) is 18.4 Å². The zero-order chi connectivity index (χ0) is 41.0. The molecule has 10 aromatic rings. The molecule has 0 saturated carbocycles. The summed E-state index contributed by atoms with van der Waals surface area (Å²) < 4.78 is 0. The van der Waals surface area contributed by atoms with Gasteiger partial charge in [0.15, 0.2) is 0 Å². The van der Waals surface area contributed by atoms with E-state index in [-0.39, 0.29) is 6.04 Å². The first-order chi connectivity index (χ1) is 30.8. The van der Waals surface area contributed by atoms with Crippen molar-refractivity contribution in [3.05, 3.63) is 236 Å². The number of hydrogen-bond donors (Lipinski definition) is 0. The molecule has 0 aromatic heterocycles. The van der Waals surface area contributed by atoms with Crippen molar-refractivity contribution in [2.24, 2.45) is 0 Å². The predicted octanol–water partition coefficient (Wildman–Crippen LogP) is 16.1. The Balaban J connectivity index is 0.909. The van der Waals surface area contributed by atoms with Gasteiger partial charge < -0.3 is 9.80 Å². The highest BCUT2D eigenvalue weighted by atomic mass is 15.2. The molecule has 294 valence electrons. The standard InChI is InChI=1S/C60H44N2/c1-3-17-47(18-4-1)61(57-23-11-15-41-13-7-9-21-53(41)57)49-33-25-43(26-34-49)51-37-29-45-32-40-56-52(38-30-46-31-39-55(51)59(45)60(46)56)44-27-35-50(36-28-44)62(48-19-5-2-6-20-48)58-24-12-16-42-14-8-10-22-54(42)58/h1-19,21-35,37-40,48,50H,20,36H2. The normalized spacial score (nSPS) is 16.2. The summed E-state index contributed by atoms with van der Waals surface area (Å²) >= 11 is 0. The van der Waals surface area contributed by atoms with E-state index in [1.807, 2.05) is 0 Å². The fraction of sp³-hybridized carbons (Fsp3) is 0.0667. The molecule has 2 aliphatic carbocycles. The molecule has 12 rings (SSSR count). The molecule has 0 aliphatic heterocycles. The number of nitrogens with zero attached hydrogens (tertiary/aromatic N) is 2. The van der Waals surface area contributed by atoms with Crippen molar-refractivity contribution >= 4 is 82.2 Å². The van der Waals surface area contributed by atoms with Crippen molar-refractivity contribution in [2.45, 2.75) is 24.9 Å². The molecule has 0 fully saturated rings. The van der Waals surface area contributed by atoms with E-state index in [2.05, 4.69) is 240 Å². The predicted molar refractivity (Wildman–Crippen MR) is 266 cm³/mol. The van der Waals surface area contributed by atoms with E-state index in [9.17, 15) is 0 Å². The van der Waals surface area contributed by atoms with Gasteiger partial charge in [0.05, 0.1) is 17.8 Å². The van der Waals surface area contributed by atoms with Crippen molar-refractivity contribution < 1.29 is 0 Å². The first-order valence-electron chi connectivity index (χ1n) is 21.9. The number of fused-ring (bicyclic) bond motifs is 2. The lowest BCUT2D eigenvalue weighted by Gasteiger charge is -2.39. The third kappa shape index (κ3) is 6.10. The number of allylic oxidation sites excluding steroid dienone is 4. The number of hydrogen-bond acceptors (Lipinski definition) is 2. The molecular formula is C60H44N2. The largest absolute Gasteiger partial charge is 0.358 e. The monoisotopic (exact) mass is 792 g/mol. The van der Waals surface area contributed by atoms with E-state index in [0.29, 0.717) is 6.04 Å². The molecule has 2 nitrogen and oxygen atoms in total. The summed E-state index contributed by atoms with van der Waals surface area (Å²) in [6, 6.07) is 69.7. The van der Waals surface area contributed by atoms with Crippen LogP contribution in [-0.4, -0.2) is 12.1 Å². The van der Waals surface area contributed by atoms with Crippen LogP contribution in [0.4, 0.5) is 22.7 Å². The first kappa shape index (κ1) is 36.2. The summed E-state index contributed by atoms with van der Waals surface area (Å²) in [6.07, 6.45) is 18.3. The Bertz CT molecular complexity index is 3410. The Hall–Kier alpha value is -7.68. The van der Waals surface area contributed by atoms with Gasteiger partial charge in [-0.15, -0.1) is 0 Å². The van der Waals surface area contributed by atoms with Crippen molar-refractivity contribution in [1.29, 1.82) is 0 Å². The highest BCUT2D eigenvalue weighted by molar-refractivity contribution is 6.27. The van der Waals surface area contributed by atoms with Gasteiger partial charge >= 0.3 is 0 Å². The summed E-state index contributed by atoms with van der Waals surface area (Å²) in [5.41, 5.74) is 9.77. The molecule has 0 amide bonds. The van der Waals surface area contributed by atoms with Crippen LogP contribution in [0.3, 0.4) is 0 Å².